The minimum atomic E-state index is -1.31. The molecule has 0 aliphatic carbocycles. The molecule has 0 aromatic rings. The van der Waals surface area contributed by atoms with E-state index in [4.69, 9.17) is 15.8 Å². The molecule has 0 amide bonds. The Morgan fingerprint density at radius 1 is 0.857 bits per heavy atom. The van der Waals surface area contributed by atoms with E-state index in [9.17, 15) is 0 Å². The summed E-state index contributed by atoms with van der Waals surface area (Å²) in [5, 5.41) is 0. The van der Waals surface area contributed by atoms with Crippen LogP contribution in [0.25, 0.3) is 0 Å². The zero-order valence-corrected chi connectivity index (χ0v) is 16.4. The quantitative estimate of drug-likeness (QED) is 0.137. The molecule has 126 valence electrons. The first-order valence-electron chi connectivity index (χ1n) is 8.83. The lowest BCUT2D eigenvalue weighted by Crippen LogP contribution is -2.14. The summed E-state index contributed by atoms with van der Waals surface area (Å²) in [5.74, 6) is 0. The van der Waals surface area contributed by atoms with E-state index in [0.717, 1.165) is 18.8 Å². The van der Waals surface area contributed by atoms with Gasteiger partial charge < -0.3 is 4.74 Å². The van der Waals surface area contributed by atoms with Crippen molar-refractivity contribution in [2.24, 2.45) is 0 Å². The third-order valence-corrected chi connectivity index (χ3v) is 5.77. The van der Waals surface area contributed by atoms with Gasteiger partial charge in [0, 0.05) is 6.61 Å². The van der Waals surface area contributed by atoms with Crippen LogP contribution < -0.4 is 0 Å². The van der Waals surface area contributed by atoms with Crippen LogP contribution in [0.5, 0.6) is 0 Å². The van der Waals surface area contributed by atoms with Gasteiger partial charge in [-0.25, -0.2) is 0 Å². The number of halogens is 1. The zero-order chi connectivity index (χ0) is 16.0. The number of unbranched alkanes of at least 4 members (excludes halogenated alkanes) is 9. The van der Waals surface area contributed by atoms with Gasteiger partial charge in [-0.2, -0.15) is 11.1 Å². The molecule has 0 aliphatic heterocycles. The molecule has 0 N–H and O–H groups in total. The Morgan fingerprint density at radius 3 is 1.71 bits per heavy atom. The first-order valence-corrected chi connectivity index (χ1v) is 13.0. The second kappa shape index (κ2) is 13.8. The van der Waals surface area contributed by atoms with Crippen LogP contribution in [0.15, 0.2) is 12.2 Å². The van der Waals surface area contributed by atoms with Crippen LogP contribution in [-0.4, -0.2) is 20.6 Å². The number of hydrogen-bond donors (Lipinski definition) is 0. The Kier molecular flexibility index (Phi) is 14.0. The van der Waals surface area contributed by atoms with E-state index in [1.807, 2.05) is 6.92 Å². The topological polar surface area (TPSA) is 9.23 Å². The smallest absolute Gasteiger partial charge is 0.150 e. The van der Waals surface area contributed by atoms with Crippen molar-refractivity contribution in [2.75, 3.05) is 13.2 Å². The predicted octanol–water partition coefficient (Wildman–Crippen LogP) is 6.92. The molecule has 0 saturated carbocycles. The first kappa shape index (κ1) is 21.2. The van der Waals surface area contributed by atoms with Gasteiger partial charge in [-0.3, -0.25) is 0 Å². The van der Waals surface area contributed by atoms with Gasteiger partial charge in [0.2, 0.25) is 0 Å². The molecule has 0 fully saturated rings. The summed E-state index contributed by atoms with van der Waals surface area (Å²) < 4.78 is 5.50. The zero-order valence-electron chi connectivity index (χ0n) is 14.7. The van der Waals surface area contributed by atoms with Gasteiger partial charge in [-0.15, -0.1) is 0 Å². The largest absolute Gasteiger partial charge is 0.377 e. The van der Waals surface area contributed by atoms with Crippen molar-refractivity contribution in [3.8, 4) is 0 Å². The summed E-state index contributed by atoms with van der Waals surface area (Å²) in [6, 6.07) is 1.28. The molecule has 0 atom stereocenters. The minimum absolute atomic E-state index is 0.726. The number of ether oxygens (including phenoxy) is 1. The van der Waals surface area contributed by atoms with Gasteiger partial charge in [0.05, 0.1) is 6.61 Å². The van der Waals surface area contributed by atoms with Crippen LogP contribution in [-0.2, 0) is 4.74 Å². The molecule has 21 heavy (non-hydrogen) atoms. The molecule has 0 saturated heterocycles. The molecule has 0 bridgehead atoms. The molecular weight excluding hydrogens is 296 g/mol. The monoisotopic (exact) mass is 332 g/mol. The van der Waals surface area contributed by atoms with Crippen LogP contribution in [0.1, 0.15) is 71.1 Å². The van der Waals surface area contributed by atoms with Gasteiger partial charge in [0.25, 0.3) is 0 Å². The minimum Gasteiger partial charge on any atom is -0.377 e. The maximum Gasteiger partial charge on any atom is 0.150 e. The molecule has 0 heterocycles. The molecule has 0 unspecified atom stereocenters. The Hall–Kier alpha value is 0.207. The molecule has 0 rings (SSSR count). The molecular formula is C18H37ClOSi. The summed E-state index contributed by atoms with van der Waals surface area (Å²) in [6.45, 7) is 12.0. The maximum atomic E-state index is 6.32. The highest BCUT2D eigenvalue weighted by atomic mass is 35.6. The van der Waals surface area contributed by atoms with Crippen molar-refractivity contribution in [1.29, 1.82) is 0 Å². The van der Waals surface area contributed by atoms with Crippen LogP contribution >= 0.6 is 11.1 Å². The van der Waals surface area contributed by atoms with Crippen molar-refractivity contribution in [3.63, 3.8) is 0 Å². The molecule has 0 aromatic heterocycles. The number of rotatable bonds is 15. The first-order chi connectivity index (χ1) is 9.92. The molecule has 0 aliphatic rings. The predicted molar refractivity (Wildman–Crippen MR) is 99.9 cm³/mol. The fourth-order valence-electron chi connectivity index (χ4n) is 2.41. The highest BCUT2D eigenvalue weighted by Gasteiger charge is 2.15. The Labute approximate surface area is 139 Å². The molecule has 0 aromatic carbocycles. The van der Waals surface area contributed by atoms with E-state index in [-0.39, 0.29) is 0 Å². The van der Waals surface area contributed by atoms with Crippen molar-refractivity contribution in [1.82, 2.24) is 0 Å². The van der Waals surface area contributed by atoms with Crippen LogP contribution in [0.2, 0.25) is 19.1 Å². The second-order valence-electron chi connectivity index (χ2n) is 7.01. The fraction of sp³-hybridized carbons (Fsp3) is 0.889. The summed E-state index contributed by atoms with van der Waals surface area (Å²) in [4.78, 5) is 0. The summed E-state index contributed by atoms with van der Waals surface area (Å²) >= 11 is 6.32. The normalized spacial score (nSPS) is 11.8. The summed E-state index contributed by atoms with van der Waals surface area (Å²) in [6.07, 6.45) is 13.6. The molecule has 0 radical (unpaired) electrons. The van der Waals surface area contributed by atoms with Crippen molar-refractivity contribution in [2.45, 2.75) is 90.3 Å². The molecule has 0 spiro atoms. The van der Waals surface area contributed by atoms with Gasteiger partial charge in [0.15, 0.2) is 0 Å². The van der Waals surface area contributed by atoms with Crippen molar-refractivity contribution < 1.29 is 4.74 Å². The van der Waals surface area contributed by atoms with Gasteiger partial charge in [0.1, 0.15) is 7.38 Å². The second-order valence-corrected chi connectivity index (χ2v) is 14.0. The van der Waals surface area contributed by atoms with E-state index in [1.165, 1.54) is 70.3 Å². The van der Waals surface area contributed by atoms with E-state index in [2.05, 4.69) is 19.7 Å². The Morgan fingerprint density at radius 2 is 1.29 bits per heavy atom. The summed E-state index contributed by atoms with van der Waals surface area (Å²) in [7, 11) is -1.31. The van der Waals surface area contributed by atoms with Gasteiger partial charge in [-0.05, 0) is 19.4 Å². The lowest BCUT2D eigenvalue weighted by Gasteiger charge is -2.11. The third-order valence-electron chi connectivity index (χ3n) is 3.66. The summed E-state index contributed by atoms with van der Waals surface area (Å²) in [5.41, 5.74) is 1.12. The van der Waals surface area contributed by atoms with Crippen LogP contribution in [0, 0.1) is 0 Å². The number of hydrogen-bond acceptors (Lipinski definition) is 1. The standard InChI is InChI=1S/C18H37ClOSi/c1-18(2)17-20-15-13-11-9-7-5-6-8-10-12-14-16-21(3,4)19/h1,5-17H2,2-4H3. The van der Waals surface area contributed by atoms with E-state index >= 15 is 0 Å². The van der Waals surface area contributed by atoms with Crippen molar-refractivity contribution >= 4 is 18.5 Å². The average Bonchev–Trinajstić information content (AvgIpc) is 2.37. The van der Waals surface area contributed by atoms with E-state index < -0.39 is 7.38 Å². The van der Waals surface area contributed by atoms with Crippen LogP contribution in [0.4, 0.5) is 0 Å². The van der Waals surface area contributed by atoms with E-state index in [0.29, 0.717) is 0 Å². The average molecular weight is 333 g/mol. The van der Waals surface area contributed by atoms with E-state index in [1.54, 1.807) is 0 Å². The van der Waals surface area contributed by atoms with Gasteiger partial charge in [-0.1, -0.05) is 83.0 Å². The molecule has 1 nitrogen and oxygen atoms in total. The fourth-order valence-corrected chi connectivity index (χ4v) is 3.90. The third kappa shape index (κ3) is 20.2. The SMILES string of the molecule is C=C(C)COCCCCCCCCCCCC[Si](C)(C)Cl. The highest BCUT2D eigenvalue weighted by molar-refractivity contribution is 7.19. The van der Waals surface area contributed by atoms with Crippen molar-refractivity contribution in [3.05, 3.63) is 12.2 Å². The van der Waals surface area contributed by atoms with Gasteiger partial charge >= 0.3 is 0 Å². The molecule has 3 heteroatoms. The Bertz CT molecular complexity index is 248. The lowest BCUT2D eigenvalue weighted by atomic mass is 10.1. The maximum absolute atomic E-state index is 6.32. The highest BCUT2D eigenvalue weighted by Crippen LogP contribution is 2.19. The lowest BCUT2D eigenvalue weighted by molar-refractivity contribution is 0.151. The Balaban J connectivity index is 3.04. The van der Waals surface area contributed by atoms with Crippen LogP contribution in [0.3, 0.4) is 0 Å².